The van der Waals surface area contributed by atoms with E-state index in [9.17, 15) is 22.8 Å². The second kappa shape index (κ2) is 9.02. The lowest BCUT2D eigenvalue weighted by atomic mass is 9.81. The maximum atomic E-state index is 12.7. The number of anilines is 1. The summed E-state index contributed by atoms with van der Waals surface area (Å²) in [5.74, 6) is -0.779. The van der Waals surface area contributed by atoms with Gasteiger partial charge in [0.1, 0.15) is 0 Å². The highest BCUT2D eigenvalue weighted by atomic mass is 19.4. The molecule has 1 aliphatic rings. The van der Waals surface area contributed by atoms with E-state index in [1.807, 2.05) is 0 Å². The van der Waals surface area contributed by atoms with Crippen LogP contribution in [-0.2, 0) is 20.5 Å². The van der Waals surface area contributed by atoms with Gasteiger partial charge in [0.05, 0.1) is 12.2 Å². The Hall–Kier alpha value is -2.09. The maximum Gasteiger partial charge on any atom is 0.416 e. The van der Waals surface area contributed by atoms with Crippen LogP contribution in [0.3, 0.4) is 0 Å². The minimum Gasteiger partial charge on any atom is -0.383 e. The van der Waals surface area contributed by atoms with E-state index >= 15 is 0 Å². The molecule has 0 heterocycles. The SMILES string of the molecule is COCCNC(=O)C1CCC(C(=O)Nc2cccc(C(F)(F)F)c2)CC1. The van der Waals surface area contributed by atoms with Gasteiger partial charge in [-0.1, -0.05) is 6.07 Å². The van der Waals surface area contributed by atoms with Gasteiger partial charge < -0.3 is 15.4 Å². The molecule has 0 aromatic heterocycles. The second-order valence-corrected chi connectivity index (χ2v) is 6.40. The van der Waals surface area contributed by atoms with Gasteiger partial charge in [0, 0.05) is 31.2 Å². The maximum absolute atomic E-state index is 12.7. The van der Waals surface area contributed by atoms with Gasteiger partial charge in [-0.25, -0.2) is 0 Å². The standard InChI is InChI=1S/C18H23F3N2O3/c1-26-10-9-22-16(24)12-5-7-13(8-6-12)17(25)23-15-4-2-3-14(11-15)18(19,20)21/h2-4,11-13H,5-10H2,1H3,(H,22,24)(H,23,25). The first-order valence-corrected chi connectivity index (χ1v) is 8.56. The summed E-state index contributed by atoms with van der Waals surface area (Å²) in [7, 11) is 1.56. The van der Waals surface area contributed by atoms with Gasteiger partial charge in [-0.15, -0.1) is 0 Å². The summed E-state index contributed by atoms with van der Waals surface area (Å²) in [5.41, 5.74) is -0.670. The van der Waals surface area contributed by atoms with E-state index in [0.29, 0.717) is 38.8 Å². The number of hydrogen-bond donors (Lipinski definition) is 2. The van der Waals surface area contributed by atoms with Crippen molar-refractivity contribution >= 4 is 17.5 Å². The average Bonchev–Trinajstić information content (AvgIpc) is 2.61. The number of methoxy groups -OCH3 is 1. The monoisotopic (exact) mass is 372 g/mol. The minimum atomic E-state index is -4.45. The first kappa shape index (κ1) is 20.2. The fourth-order valence-corrected chi connectivity index (χ4v) is 3.06. The molecule has 1 aliphatic carbocycles. The normalized spacial score (nSPS) is 20.5. The van der Waals surface area contributed by atoms with Crippen molar-refractivity contribution < 1.29 is 27.5 Å². The van der Waals surface area contributed by atoms with Crippen LogP contribution in [0.1, 0.15) is 31.2 Å². The van der Waals surface area contributed by atoms with Crippen molar-refractivity contribution in [2.75, 3.05) is 25.6 Å². The van der Waals surface area contributed by atoms with E-state index in [-0.39, 0.29) is 29.3 Å². The number of rotatable bonds is 6. The zero-order chi connectivity index (χ0) is 19.2. The van der Waals surface area contributed by atoms with Gasteiger partial charge in [0.15, 0.2) is 0 Å². The molecule has 144 valence electrons. The summed E-state index contributed by atoms with van der Waals surface area (Å²) < 4.78 is 43.1. The average molecular weight is 372 g/mol. The Morgan fingerprint density at radius 3 is 2.31 bits per heavy atom. The van der Waals surface area contributed by atoms with Crippen LogP contribution in [0, 0.1) is 11.8 Å². The molecule has 0 saturated heterocycles. The predicted octanol–water partition coefficient (Wildman–Crippen LogP) is 3.21. The number of hydrogen-bond acceptors (Lipinski definition) is 3. The molecule has 5 nitrogen and oxygen atoms in total. The number of ether oxygens (including phenoxy) is 1. The third-order valence-corrected chi connectivity index (χ3v) is 4.53. The number of carbonyl (C=O) groups excluding carboxylic acids is 2. The fraction of sp³-hybridized carbons (Fsp3) is 0.556. The fourth-order valence-electron chi connectivity index (χ4n) is 3.06. The molecular formula is C18H23F3N2O3. The van der Waals surface area contributed by atoms with Gasteiger partial charge in [0.25, 0.3) is 0 Å². The van der Waals surface area contributed by atoms with Gasteiger partial charge >= 0.3 is 6.18 Å². The topological polar surface area (TPSA) is 67.4 Å². The zero-order valence-corrected chi connectivity index (χ0v) is 14.6. The van der Waals surface area contributed by atoms with Crippen molar-refractivity contribution in [3.8, 4) is 0 Å². The molecular weight excluding hydrogens is 349 g/mol. The number of nitrogens with one attached hydrogen (secondary N) is 2. The highest BCUT2D eigenvalue weighted by Gasteiger charge is 2.32. The van der Waals surface area contributed by atoms with Crippen molar-refractivity contribution in [2.24, 2.45) is 11.8 Å². The quantitative estimate of drug-likeness (QED) is 0.754. The van der Waals surface area contributed by atoms with E-state index in [4.69, 9.17) is 4.74 Å². The van der Waals surface area contributed by atoms with Crippen LogP contribution in [0.15, 0.2) is 24.3 Å². The van der Waals surface area contributed by atoms with Gasteiger partial charge in [-0.3, -0.25) is 9.59 Å². The number of amides is 2. The molecule has 0 unspecified atom stereocenters. The number of halogens is 3. The van der Waals surface area contributed by atoms with Gasteiger partial charge in [0.2, 0.25) is 11.8 Å². The van der Waals surface area contributed by atoms with Crippen molar-refractivity contribution in [2.45, 2.75) is 31.9 Å². The Morgan fingerprint density at radius 2 is 1.73 bits per heavy atom. The molecule has 0 atom stereocenters. The first-order chi connectivity index (χ1) is 12.3. The lowest BCUT2D eigenvalue weighted by Gasteiger charge is -2.27. The van der Waals surface area contributed by atoms with E-state index in [1.54, 1.807) is 7.11 Å². The number of alkyl halides is 3. The summed E-state index contributed by atoms with van der Waals surface area (Å²) in [6.07, 6.45) is -2.21. The number of benzene rings is 1. The molecule has 0 bridgehead atoms. The smallest absolute Gasteiger partial charge is 0.383 e. The second-order valence-electron chi connectivity index (χ2n) is 6.40. The van der Waals surface area contributed by atoms with Gasteiger partial charge in [-0.2, -0.15) is 13.2 Å². The Labute approximate surface area is 150 Å². The highest BCUT2D eigenvalue weighted by molar-refractivity contribution is 5.92. The molecule has 26 heavy (non-hydrogen) atoms. The molecule has 2 amide bonds. The molecule has 0 spiro atoms. The summed E-state index contributed by atoms with van der Waals surface area (Å²) in [6.45, 7) is 0.895. The van der Waals surface area contributed by atoms with Crippen molar-refractivity contribution in [3.63, 3.8) is 0 Å². The Bertz CT molecular complexity index is 626. The minimum absolute atomic E-state index is 0.0428. The van der Waals surface area contributed by atoms with Crippen LogP contribution in [-0.4, -0.2) is 32.1 Å². The molecule has 1 aromatic rings. The first-order valence-electron chi connectivity index (χ1n) is 8.56. The summed E-state index contributed by atoms with van der Waals surface area (Å²) >= 11 is 0. The summed E-state index contributed by atoms with van der Waals surface area (Å²) in [6, 6.07) is 4.58. The predicted molar refractivity (Wildman–Crippen MR) is 90.4 cm³/mol. The van der Waals surface area contributed by atoms with Crippen molar-refractivity contribution in [1.82, 2.24) is 5.32 Å². The molecule has 0 radical (unpaired) electrons. The molecule has 2 rings (SSSR count). The van der Waals surface area contributed by atoms with E-state index in [0.717, 1.165) is 12.1 Å². The molecule has 0 aliphatic heterocycles. The molecule has 8 heteroatoms. The van der Waals surface area contributed by atoms with Crippen LogP contribution in [0.4, 0.5) is 18.9 Å². The molecule has 1 aromatic carbocycles. The van der Waals surface area contributed by atoms with Crippen molar-refractivity contribution in [1.29, 1.82) is 0 Å². The highest BCUT2D eigenvalue weighted by Crippen LogP contribution is 2.32. The molecule has 1 saturated carbocycles. The molecule has 1 fully saturated rings. The van der Waals surface area contributed by atoms with Crippen LogP contribution in [0.2, 0.25) is 0 Å². The Balaban J connectivity index is 1.84. The Morgan fingerprint density at radius 1 is 1.12 bits per heavy atom. The van der Waals surface area contributed by atoms with Crippen LogP contribution in [0.25, 0.3) is 0 Å². The molecule has 2 N–H and O–H groups in total. The van der Waals surface area contributed by atoms with Crippen LogP contribution < -0.4 is 10.6 Å². The number of carbonyl (C=O) groups is 2. The van der Waals surface area contributed by atoms with Crippen LogP contribution >= 0.6 is 0 Å². The third-order valence-electron chi connectivity index (χ3n) is 4.53. The van der Waals surface area contributed by atoms with Gasteiger partial charge in [-0.05, 0) is 43.9 Å². The third kappa shape index (κ3) is 5.72. The van der Waals surface area contributed by atoms with E-state index in [1.165, 1.54) is 12.1 Å². The van der Waals surface area contributed by atoms with E-state index < -0.39 is 11.7 Å². The largest absolute Gasteiger partial charge is 0.416 e. The lowest BCUT2D eigenvalue weighted by molar-refractivity contribution is -0.137. The van der Waals surface area contributed by atoms with Crippen molar-refractivity contribution in [3.05, 3.63) is 29.8 Å². The lowest BCUT2D eigenvalue weighted by Crippen LogP contribution is -2.36. The zero-order valence-electron chi connectivity index (χ0n) is 14.6. The Kier molecular flexibility index (Phi) is 7.02. The van der Waals surface area contributed by atoms with E-state index in [2.05, 4.69) is 10.6 Å². The van der Waals surface area contributed by atoms with Crippen LogP contribution in [0.5, 0.6) is 0 Å². The summed E-state index contributed by atoms with van der Waals surface area (Å²) in [5, 5.41) is 5.34. The summed E-state index contributed by atoms with van der Waals surface area (Å²) in [4.78, 5) is 24.3.